The molecule has 4 aromatic carbocycles. The van der Waals surface area contributed by atoms with E-state index in [0.29, 0.717) is 17.8 Å². The van der Waals surface area contributed by atoms with Crippen molar-refractivity contribution < 1.29 is 9.57 Å². The minimum Gasteiger partial charge on any atom is -0.496 e. The highest BCUT2D eigenvalue weighted by Crippen LogP contribution is 2.50. The maximum Gasteiger partial charge on any atom is 0.146 e. The molecule has 1 spiro atoms. The fraction of sp³-hybridized carbons (Fsp3) is 0.364. The molecule has 1 aliphatic carbocycles. The third kappa shape index (κ3) is 3.68. The molecule has 184 valence electrons. The Bertz CT molecular complexity index is 1470. The van der Waals surface area contributed by atoms with Crippen LogP contribution in [0.1, 0.15) is 52.0 Å². The van der Waals surface area contributed by atoms with E-state index < -0.39 is 0 Å². The van der Waals surface area contributed by atoms with Gasteiger partial charge in [-0.05, 0) is 52.3 Å². The van der Waals surface area contributed by atoms with E-state index in [1.807, 2.05) is 0 Å². The normalized spacial score (nSPS) is 23.9. The smallest absolute Gasteiger partial charge is 0.146 e. The van der Waals surface area contributed by atoms with Gasteiger partial charge in [0.25, 0.3) is 0 Å². The summed E-state index contributed by atoms with van der Waals surface area (Å²) < 4.78 is 5.98. The van der Waals surface area contributed by atoms with E-state index in [2.05, 4.69) is 93.6 Å². The molecule has 1 saturated carbocycles. The lowest BCUT2D eigenvalue weighted by molar-refractivity contribution is -0.112. The predicted molar refractivity (Wildman–Crippen MR) is 150 cm³/mol. The second-order valence-corrected chi connectivity index (χ2v) is 11.2. The van der Waals surface area contributed by atoms with E-state index in [0.717, 1.165) is 35.4 Å². The van der Waals surface area contributed by atoms with Crippen LogP contribution >= 0.6 is 0 Å². The summed E-state index contributed by atoms with van der Waals surface area (Å²) in [5.41, 5.74) is 4.33. The van der Waals surface area contributed by atoms with Gasteiger partial charge in [-0.3, -0.25) is 0 Å². The van der Waals surface area contributed by atoms with Crippen molar-refractivity contribution in [1.29, 1.82) is 0 Å². The summed E-state index contributed by atoms with van der Waals surface area (Å²) in [4.78, 5) is 6.50. The molecule has 3 heteroatoms. The Hall–Kier alpha value is -3.33. The Labute approximate surface area is 214 Å². The minimum absolute atomic E-state index is 0.201. The lowest BCUT2D eigenvalue weighted by Crippen LogP contribution is -2.45. The first-order valence-corrected chi connectivity index (χ1v) is 13.3. The third-order valence-electron chi connectivity index (χ3n) is 8.55. The van der Waals surface area contributed by atoms with E-state index in [4.69, 9.17) is 14.7 Å². The van der Waals surface area contributed by atoms with Crippen molar-refractivity contribution in [2.45, 2.75) is 52.1 Å². The van der Waals surface area contributed by atoms with Crippen molar-refractivity contribution in [2.24, 2.45) is 22.9 Å². The fourth-order valence-electron chi connectivity index (χ4n) is 6.92. The monoisotopic (exact) mass is 477 g/mol. The largest absolute Gasteiger partial charge is 0.496 e. The summed E-state index contributed by atoms with van der Waals surface area (Å²) in [6.45, 7) is 7.04. The minimum atomic E-state index is -0.201. The molecule has 0 N–H and O–H groups in total. The molecule has 3 atom stereocenters. The average Bonchev–Trinajstić information content (AvgIpc) is 3.30. The zero-order chi connectivity index (χ0) is 24.9. The van der Waals surface area contributed by atoms with Crippen LogP contribution in [0.2, 0.25) is 0 Å². The van der Waals surface area contributed by atoms with Gasteiger partial charge in [-0.1, -0.05) is 99.1 Å². The molecule has 0 bridgehead atoms. The summed E-state index contributed by atoms with van der Waals surface area (Å²) in [7, 11) is 1.76. The predicted octanol–water partition coefficient (Wildman–Crippen LogP) is 8.62. The molecule has 36 heavy (non-hydrogen) atoms. The first-order chi connectivity index (χ1) is 17.5. The van der Waals surface area contributed by atoms with Gasteiger partial charge in [0.05, 0.1) is 12.8 Å². The van der Waals surface area contributed by atoms with Crippen LogP contribution in [0, 0.1) is 17.8 Å². The van der Waals surface area contributed by atoms with Gasteiger partial charge in [-0.15, -0.1) is 0 Å². The molecule has 0 aromatic heterocycles. The number of hydrogen-bond donors (Lipinski definition) is 0. The Morgan fingerprint density at radius 2 is 1.53 bits per heavy atom. The van der Waals surface area contributed by atoms with Crippen LogP contribution in [0.5, 0.6) is 5.75 Å². The van der Waals surface area contributed by atoms with Crippen LogP contribution < -0.4 is 4.74 Å². The van der Waals surface area contributed by atoms with E-state index in [1.54, 1.807) is 7.11 Å². The van der Waals surface area contributed by atoms with Crippen LogP contribution in [-0.2, 0) is 4.84 Å². The number of methoxy groups -OCH3 is 1. The maximum absolute atomic E-state index is 6.50. The molecule has 0 saturated heterocycles. The van der Waals surface area contributed by atoms with E-state index in [-0.39, 0.29) is 5.60 Å². The van der Waals surface area contributed by atoms with E-state index in [9.17, 15) is 0 Å². The molecule has 1 heterocycles. The standard InChI is InChI=1S/C33H35NO2/c1-21(2)28-17-13-22(3)19-33(28)20-29(34-36-33)27-16-14-23-9-5-7-11-25(23)31(27)32-26-12-8-6-10-24(26)15-18-30(32)35-4/h5-12,14-16,18,21-22,28H,13,17,19-20H2,1-4H3/t22-,28+,33-/m1/s1. The summed E-state index contributed by atoms with van der Waals surface area (Å²) in [6, 6.07) is 25.9. The van der Waals surface area contributed by atoms with Crippen LogP contribution in [0.3, 0.4) is 0 Å². The number of hydrogen-bond acceptors (Lipinski definition) is 3. The average molecular weight is 478 g/mol. The molecular weight excluding hydrogens is 442 g/mol. The highest BCUT2D eigenvalue weighted by atomic mass is 16.7. The summed E-state index contributed by atoms with van der Waals surface area (Å²) >= 11 is 0. The van der Waals surface area contributed by atoms with Crippen LogP contribution in [0.4, 0.5) is 0 Å². The number of fused-ring (bicyclic) bond motifs is 2. The van der Waals surface area contributed by atoms with Gasteiger partial charge in [0.15, 0.2) is 0 Å². The number of ether oxygens (including phenoxy) is 1. The molecule has 0 radical (unpaired) electrons. The number of rotatable bonds is 4. The number of nitrogens with zero attached hydrogens (tertiary/aromatic N) is 1. The molecule has 3 nitrogen and oxygen atoms in total. The second kappa shape index (κ2) is 8.96. The van der Waals surface area contributed by atoms with E-state index >= 15 is 0 Å². The van der Waals surface area contributed by atoms with Crippen LogP contribution in [0.25, 0.3) is 32.7 Å². The Morgan fingerprint density at radius 3 is 2.22 bits per heavy atom. The van der Waals surface area contributed by atoms with Crippen molar-refractivity contribution in [1.82, 2.24) is 0 Å². The van der Waals surface area contributed by atoms with Crippen LogP contribution in [-0.4, -0.2) is 18.4 Å². The first-order valence-electron chi connectivity index (χ1n) is 13.3. The van der Waals surface area contributed by atoms with Gasteiger partial charge < -0.3 is 9.57 Å². The van der Waals surface area contributed by atoms with Crippen LogP contribution in [0.15, 0.2) is 78.0 Å². The second-order valence-electron chi connectivity index (χ2n) is 11.2. The quantitative estimate of drug-likeness (QED) is 0.294. The highest BCUT2D eigenvalue weighted by Gasteiger charge is 2.50. The maximum atomic E-state index is 6.50. The Kier molecular flexibility index (Phi) is 5.75. The van der Waals surface area contributed by atoms with Crippen molar-refractivity contribution >= 4 is 27.3 Å². The van der Waals surface area contributed by atoms with Crippen molar-refractivity contribution in [2.75, 3.05) is 7.11 Å². The zero-order valence-corrected chi connectivity index (χ0v) is 21.8. The fourth-order valence-corrected chi connectivity index (χ4v) is 6.92. The zero-order valence-electron chi connectivity index (χ0n) is 21.8. The van der Waals surface area contributed by atoms with Crippen molar-refractivity contribution in [3.8, 4) is 16.9 Å². The molecule has 4 aromatic rings. The molecule has 0 unspecified atom stereocenters. The summed E-state index contributed by atoms with van der Waals surface area (Å²) in [5, 5.41) is 9.68. The number of oxime groups is 1. The van der Waals surface area contributed by atoms with Gasteiger partial charge in [0, 0.05) is 29.0 Å². The summed E-state index contributed by atoms with van der Waals surface area (Å²) in [5.74, 6) is 2.63. The summed E-state index contributed by atoms with van der Waals surface area (Å²) in [6.07, 6.45) is 4.42. The third-order valence-corrected chi connectivity index (χ3v) is 8.55. The molecule has 6 rings (SSSR count). The SMILES string of the molecule is COc1ccc2ccccc2c1-c1c(C2=NO[C@@]3(C2)C[C@H](C)CC[C@H]3C(C)C)ccc2ccccc12. The van der Waals surface area contributed by atoms with Gasteiger partial charge in [0.2, 0.25) is 0 Å². The Morgan fingerprint density at radius 1 is 0.861 bits per heavy atom. The van der Waals surface area contributed by atoms with E-state index in [1.165, 1.54) is 39.9 Å². The molecule has 0 amide bonds. The van der Waals surface area contributed by atoms with Gasteiger partial charge in [0.1, 0.15) is 11.4 Å². The molecular formula is C33H35NO2. The first kappa shape index (κ1) is 23.1. The topological polar surface area (TPSA) is 30.8 Å². The number of benzene rings is 4. The van der Waals surface area contributed by atoms with Gasteiger partial charge in [-0.25, -0.2) is 0 Å². The highest BCUT2D eigenvalue weighted by molar-refractivity contribution is 6.17. The molecule has 2 aliphatic rings. The van der Waals surface area contributed by atoms with Gasteiger partial charge in [-0.2, -0.15) is 0 Å². The lowest BCUT2D eigenvalue weighted by atomic mass is 9.65. The lowest BCUT2D eigenvalue weighted by Gasteiger charge is -2.43. The van der Waals surface area contributed by atoms with Crippen molar-refractivity contribution in [3.05, 3.63) is 78.4 Å². The molecule has 1 aliphatic heterocycles. The van der Waals surface area contributed by atoms with Crippen molar-refractivity contribution in [3.63, 3.8) is 0 Å². The molecule has 1 fully saturated rings. The Balaban J connectivity index is 1.57. The van der Waals surface area contributed by atoms with Gasteiger partial charge >= 0.3 is 0 Å².